The number of anilines is 1. The Hall–Kier alpha value is -2.96. The summed E-state index contributed by atoms with van der Waals surface area (Å²) in [5, 5.41) is 0.652. The molecule has 0 aliphatic carbocycles. The summed E-state index contributed by atoms with van der Waals surface area (Å²) in [7, 11) is 0. The zero-order chi connectivity index (χ0) is 19.9. The van der Waals surface area contributed by atoms with Crippen LogP contribution >= 0.6 is 24.0 Å². The summed E-state index contributed by atoms with van der Waals surface area (Å²) in [6.45, 7) is 2.79. The second kappa shape index (κ2) is 10.5. The molecule has 3 aromatic rings. The average Bonchev–Trinajstić information content (AvgIpc) is 3.19. The lowest BCUT2D eigenvalue weighted by atomic mass is 10.2. The first kappa shape index (κ1) is 22.3. The van der Waals surface area contributed by atoms with E-state index in [9.17, 15) is 0 Å². The van der Waals surface area contributed by atoms with Crippen LogP contribution in [0, 0.1) is 6.92 Å². The lowest BCUT2D eigenvalue weighted by molar-refractivity contribution is 0.511. The molecule has 0 aliphatic rings. The van der Waals surface area contributed by atoms with Crippen LogP contribution in [0.4, 0.5) is 5.69 Å². The third-order valence-corrected chi connectivity index (χ3v) is 4.35. The molecule has 29 heavy (non-hydrogen) atoms. The van der Waals surface area contributed by atoms with Gasteiger partial charge in [-0.05, 0) is 48.4 Å². The fourth-order valence-electron chi connectivity index (χ4n) is 2.74. The van der Waals surface area contributed by atoms with E-state index in [1.807, 2.05) is 66.4 Å². The predicted molar refractivity (Wildman–Crippen MR) is 122 cm³/mol. The van der Waals surface area contributed by atoms with Crippen LogP contribution in [0.25, 0.3) is 0 Å². The number of aryl methyl sites for hydroxylation is 1. The number of halogens is 2. The van der Waals surface area contributed by atoms with E-state index in [0.29, 0.717) is 18.1 Å². The molecular weight excluding hydrogens is 409 g/mol. The molecule has 0 bridgehead atoms. The van der Waals surface area contributed by atoms with Crippen LogP contribution in [0.5, 0.6) is 0 Å². The van der Waals surface area contributed by atoms with Crippen LogP contribution in [-0.2, 0) is 13.1 Å². The van der Waals surface area contributed by atoms with E-state index in [2.05, 4.69) is 9.98 Å². The molecule has 0 fully saturated rings. The number of benzene rings is 2. The van der Waals surface area contributed by atoms with Crippen molar-refractivity contribution in [2.45, 2.75) is 20.0 Å². The zero-order valence-electron chi connectivity index (χ0n) is 16.0. The molecule has 0 saturated heterocycles. The van der Waals surface area contributed by atoms with E-state index in [0.717, 1.165) is 22.6 Å². The molecule has 0 atom stereocenters. The van der Waals surface area contributed by atoms with Gasteiger partial charge in [0, 0.05) is 10.7 Å². The molecule has 0 aliphatic heterocycles. The van der Waals surface area contributed by atoms with Crippen molar-refractivity contribution < 1.29 is 4.42 Å². The number of rotatable bonds is 5. The summed E-state index contributed by atoms with van der Waals surface area (Å²) in [5.41, 5.74) is 15.1. The highest BCUT2D eigenvalue weighted by molar-refractivity contribution is 6.30. The third-order valence-electron chi connectivity index (χ3n) is 4.12. The summed E-state index contributed by atoms with van der Waals surface area (Å²) >= 11 is 6.09. The van der Waals surface area contributed by atoms with Crippen LogP contribution in [-0.4, -0.2) is 11.9 Å². The van der Waals surface area contributed by atoms with Crippen molar-refractivity contribution in [1.82, 2.24) is 0 Å². The van der Waals surface area contributed by atoms with Crippen LogP contribution in [0.3, 0.4) is 0 Å². The van der Waals surface area contributed by atoms with Gasteiger partial charge in [-0.15, -0.1) is 12.4 Å². The molecule has 0 saturated carbocycles. The van der Waals surface area contributed by atoms with Gasteiger partial charge in [0.15, 0.2) is 0 Å². The second-order valence-corrected chi connectivity index (χ2v) is 6.66. The van der Waals surface area contributed by atoms with Gasteiger partial charge in [-0.3, -0.25) is 0 Å². The number of nitrogens with zero attached hydrogens (tertiary/aromatic N) is 3. The van der Waals surface area contributed by atoms with Crippen molar-refractivity contribution >= 4 is 41.6 Å². The Morgan fingerprint density at radius 2 is 1.83 bits per heavy atom. The van der Waals surface area contributed by atoms with Gasteiger partial charge < -0.3 is 20.8 Å². The minimum absolute atomic E-state index is 0. The van der Waals surface area contributed by atoms with Gasteiger partial charge in [-0.1, -0.05) is 41.9 Å². The predicted octanol–water partition coefficient (Wildman–Crippen LogP) is 4.50. The minimum Gasteiger partial charge on any atom is -0.467 e. The van der Waals surface area contributed by atoms with E-state index in [1.54, 1.807) is 12.3 Å². The summed E-state index contributed by atoms with van der Waals surface area (Å²) < 4.78 is 5.47. The summed E-state index contributed by atoms with van der Waals surface area (Å²) in [5.74, 6) is 1.07. The summed E-state index contributed by atoms with van der Waals surface area (Å²) in [4.78, 5) is 10.4. The average molecular weight is 432 g/mol. The van der Waals surface area contributed by atoms with Crippen molar-refractivity contribution in [2.24, 2.45) is 21.5 Å². The van der Waals surface area contributed by atoms with E-state index < -0.39 is 0 Å². The molecule has 0 radical (unpaired) electrons. The van der Waals surface area contributed by atoms with Crippen LogP contribution in [0.2, 0.25) is 5.02 Å². The number of furan rings is 1. The fraction of sp³-hybridized carbons (Fsp3) is 0.143. The number of hydrogen-bond acceptors (Lipinski definition) is 2. The number of hydrogen-bond donors (Lipinski definition) is 2. The first-order chi connectivity index (χ1) is 13.5. The number of guanidine groups is 2. The molecular formula is C21H23Cl2N5O. The molecule has 6 nitrogen and oxygen atoms in total. The van der Waals surface area contributed by atoms with Crippen LogP contribution < -0.4 is 16.4 Å². The maximum Gasteiger partial charge on any atom is 0.218 e. The quantitative estimate of drug-likeness (QED) is 0.459. The minimum atomic E-state index is 0. The standard InChI is InChI=1S/C21H22ClN5O.ClH/c1-15-12-17(22)9-10-19(15)27(14-18-8-5-11-28-18)21(24)26-20(23)25-13-16-6-3-2-4-7-16;/h2-12H,13-14H2,1H3,(H4,23,24,25,26);1H. The topological polar surface area (TPSA) is 93.1 Å². The molecule has 4 N–H and O–H groups in total. The first-order valence-corrected chi connectivity index (χ1v) is 9.15. The number of nitrogens with two attached hydrogens (primary N) is 2. The maximum absolute atomic E-state index is 6.28. The summed E-state index contributed by atoms with van der Waals surface area (Å²) in [6, 6.07) is 19.1. The van der Waals surface area contributed by atoms with E-state index in [-0.39, 0.29) is 24.3 Å². The molecule has 152 valence electrons. The van der Waals surface area contributed by atoms with Crippen LogP contribution in [0.15, 0.2) is 81.3 Å². The normalized spacial score (nSPS) is 11.8. The second-order valence-electron chi connectivity index (χ2n) is 6.23. The fourth-order valence-corrected chi connectivity index (χ4v) is 2.97. The Balaban J connectivity index is 0.00000300. The molecule has 0 spiro atoms. The molecule has 1 heterocycles. The maximum atomic E-state index is 6.28. The Labute approximate surface area is 181 Å². The highest BCUT2D eigenvalue weighted by atomic mass is 35.5. The first-order valence-electron chi connectivity index (χ1n) is 8.77. The Morgan fingerprint density at radius 3 is 2.48 bits per heavy atom. The SMILES string of the molecule is Cc1cc(Cl)ccc1N(Cc1ccco1)/C(N)=N/C(N)=NCc1ccccc1.Cl. The Kier molecular flexibility index (Phi) is 8.12. The van der Waals surface area contributed by atoms with Crippen molar-refractivity contribution in [3.8, 4) is 0 Å². The van der Waals surface area contributed by atoms with E-state index in [1.165, 1.54) is 0 Å². The lowest BCUT2D eigenvalue weighted by Gasteiger charge is -2.24. The van der Waals surface area contributed by atoms with Crippen molar-refractivity contribution in [3.05, 3.63) is 88.8 Å². The monoisotopic (exact) mass is 431 g/mol. The highest BCUT2D eigenvalue weighted by Gasteiger charge is 2.16. The number of aliphatic imine (C=N–C) groups is 2. The van der Waals surface area contributed by atoms with E-state index >= 15 is 0 Å². The van der Waals surface area contributed by atoms with Gasteiger partial charge in [0.05, 0.1) is 19.4 Å². The molecule has 8 heteroatoms. The van der Waals surface area contributed by atoms with Gasteiger partial charge in [-0.2, -0.15) is 4.99 Å². The van der Waals surface area contributed by atoms with Crippen LogP contribution in [0.1, 0.15) is 16.9 Å². The van der Waals surface area contributed by atoms with Crippen molar-refractivity contribution in [2.75, 3.05) is 4.90 Å². The zero-order valence-corrected chi connectivity index (χ0v) is 17.5. The van der Waals surface area contributed by atoms with Gasteiger partial charge in [-0.25, -0.2) is 4.99 Å². The Morgan fingerprint density at radius 1 is 1.07 bits per heavy atom. The Bertz CT molecular complexity index is 972. The molecule has 1 aromatic heterocycles. The molecule has 0 amide bonds. The van der Waals surface area contributed by atoms with Gasteiger partial charge in [0.1, 0.15) is 5.76 Å². The molecule has 2 aromatic carbocycles. The van der Waals surface area contributed by atoms with Crippen molar-refractivity contribution in [3.63, 3.8) is 0 Å². The van der Waals surface area contributed by atoms with E-state index in [4.69, 9.17) is 27.5 Å². The smallest absolute Gasteiger partial charge is 0.218 e. The summed E-state index contributed by atoms with van der Waals surface area (Å²) in [6.07, 6.45) is 1.62. The highest BCUT2D eigenvalue weighted by Crippen LogP contribution is 2.25. The van der Waals surface area contributed by atoms with Gasteiger partial charge in [0.25, 0.3) is 0 Å². The largest absolute Gasteiger partial charge is 0.467 e. The molecule has 0 unspecified atom stereocenters. The lowest BCUT2D eigenvalue weighted by Crippen LogP contribution is -2.38. The molecule has 3 rings (SSSR count). The van der Waals surface area contributed by atoms with Crippen molar-refractivity contribution in [1.29, 1.82) is 0 Å². The third kappa shape index (κ3) is 6.27. The van der Waals surface area contributed by atoms with Gasteiger partial charge in [0.2, 0.25) is 11.9 Å². The van der Waals surface area contributed by atoms with Gasteiger partial charge >= 0.3 is 0 Å².